The van der Waals surface area contributed by atoms with Crippen molar-refractivity contribution < 1.29 is 22.7 Å². The molecule has 2 rings (SSSR count). The fourth-order valence-corrected chi connectivity index (χ4v) is 2.51. The minimum Gasteiger partial charge on any atom is -0.398 e. The molecule has 0 atom stereocenters. The molecule has 1 heterocycles. The highest BCUT2D eigenvalue weighted by Crippen LogP contribution is 2.37. The number of nitrogens with two attached hydrogens (primary N) is 1. The van der Waals surface area contributed by atoms with Crippen molar-refractivity contribution in [3.05, 3.63) is 28.3 Å². The summed E-state index contributed by atoms with van der Waals surface area (Å²) in [4.78, 5) is 14.2. The highest BCUT2D eigenvalue weighted by molar-refractivity contribution is 6.31. The zero-order valence-corrected chi connectivity index (χ0v) is 13.0. The normalized spacial score (nSPS) is 16.3. The summed E-state index contributed by atoms with van der Waals surface area (Å²) in [6.45, 7) is 3.66. The lowest BCUT2D eigenvalue weighted by atomic mass is 10.1. The number of halogens is 4. The molecule has 0 spiro atoms. The first kappa shape index (κ1) is 17.8. The zero-order chi connectivity index (χ0) is 17.0. The Morgan fingerprint density at radius 1 is 1.35 bits per heavy atom. The van der Waals surface area contributed by atoms with Crippen LogP contribution >= 0.6 is 11.6 Å². The second-order valence-electron chi connectivity index (χ2n) is 5.12. The van der Waals surface area contributed by atoms with Crippen molar-refractivity contribution in [2.45, 2.75) is 6.18 Å². The quantitative estimate of drug-likeness (QED) is 0.814. The van der Waals surface area contributed by atoms with Crippen LogP contribution in [0, 0.1) is 0 Å². The second kappa shape index (κ2) is 7.37. The number of nitrogen functional groups attached to an aromatic ring is 1. The van der Waals surface area contributed by atoms with Crippen LogP contribution in [-0.2, 0) is 10.9 Å². The molecule has 1 amide bonds. The van der Waals surface area contributed by atoms with E-state index in [1.165, 1.54) is 0 Å². The van der Waals surface area contributed by atoms with Gasteiger partial charge in [0.1, 0.15) is 0 Å². The molecular weight excluding hydrogens is 335 g/mol. The molecule has 23 heavy (non-hydrogen) atoms. The van der Waals surface area contributed by atoms with Crippen LogP contribution in [0.5, 0.6) is 0 Å². The van der Waals surface area contributed by atoms with Crippen molar-refractivity contribution >= 4 is 23.2 Å². The zero-order valence-electron chi connectivity index (χ0n) is 12.3. The van der Waals surface area contributed by atoms with Gasteiger partial charge in [0.15, 0.2) is 0 Å². The van der Waals surface area contributed by atoms with Crippen LogP contribution in [-0.4, -0.2) is 50.2 Å². The minimum absolute atomic E-state index is 0.190. The fourth-order valence-electron chi connectivity index (χ4n) is 2.29. The Labute approximate surface area is 136 Å². The topological polar surface area (TPSA) is 67.6 Å². The lowest BCUT2D eigenvalue weighted by Gasteiger charge is -2.26. The average molecular weight is 352 g/mol. The maximum atomic E-state index is 12.9. The van der Waals surface area contributed by atoms with Crippen LogP contribution in [0.2, 0.25) is 5.02 Å². The molecule has 1 aliphatic rings. The molecule has 1 fully saturated rings. The van der Waals surface area contributed by atoms with Gasteiger partial charge in [-0.3, -0.25) is 9.69 Å². The maximum Gasteiger partial charge on any atom is 0.418 e. The van der Waals surface area contributed by atoms with Gasteiger partial charge < -0.3 is 15.8 Å². The van der Waals surface area contributed by atoms with Crippen LogP contribution in [0.25, 0.3) is 0 Å². The minimum atomic E-state index is -4.67. The molecule has 0 aliphatic carbocycles. The number of carbonyl (C=O) groups is 1. The van der Waals surface area contributed by atoms with Crippen molar-refractivity contribution in [2.75, 3.05) is 45.1 Å². The van der Waals surface area contributed by atoms with Gasteiger partial charge in [-0.1, -0.05) is 11.6 Å². The van der Waals surface area contributed by atoms with Gasteiger partial charge in [-0.25, -0.2) is 0 Å². The number of benzene rings is 1. The molecule has 1 saturated heterocycles. The highest BCUT2D eigenvalue weighted by Gasteiger charge is 2.35. The van der Waals surface area contributed by atoms with Gasteiger partial charge in [0.2, 0.25) is 0 Å². The number of anilines is 1. The highest BCUT2D eigenvalue weighted by atomic mass is 35.5. The van der Waals surface area contributed by atoms with Crippen LogP contribution in [0.3, 0.4) is 0 Å². The van der Waals surface area contributed by atoms with Crippen LogP contribution in [0.1, 0.15) is 15.9 Å². The van der Waals surface area contributed by atoms with E-state index in [0.29, 0.717) is 32.4 Å². The SMILES string of the molecule is Nc1c(C(=O)NCCN2CCOCC2)cc(Cl)cc1C(F)(F)F. The van der Waals surface area contributed by atoms with Crippen molar-refractivity contribution in [3.8, 4) is 0 Å². The number of carbonyl (C=O) groups excluding carboxylic acids is 1. The Bertz CT molecular complexity index is 575. The van der Waals surface area contributed by atoms with E-state index in [1.54, 1.807) is 0 Å². The third-order valence-corrected chi connectivity index (χ3v) is 3.73. The van der Waals surface area contributed by atoms with Crippen molar-refractivity contribution in [1.29, 1.82) is 0 Å². The summed E-state index contributed by atoms with van der Waals surface area (Å²) < 4.78 is 43.8. The Balaban J connectivity index is 2.02. The maximum absolute atomic E-state index is 12.9. The van der Waals surface area contributed by atoms with Gasteiger partial charge >= 0.3 is 6.18 Å². The molecule has 1 aliphatic heterocycles. The Hall–Kier alpha value is -1.51. The van der Waals surface area contributed by atoms with E-state index in [0.717, 1.165) is 19.2 Å². The molecule has 128 valence electrons. The standard InChI is InChI=1S/C14H17ClF3N3O2/c15-9-7-10(12(19)11(8-9)14(16,17)18)13(22)20-1-2-21-3-5-23-6-4-21/h7-8H,1-6,19H2,(H,20,22). The molecule has 0 bridgehead atoms. The first-order chi connectivity index (χ1) is 10.8. The molecule has 1 aromatic carbocycles. The lowest BCUT2D eigenvalue weighted by Crippen LogP contribution is -2.41. The predicted molar refractivity (Wildman–Crippen MR) is 80.5 cm³/mol. The number of nitrogens with one attached hydrogen (secondary N) is 1. The van der Waals surface area contributed by atoms with Crippen molar-refractivity contribution in [2.24, 2.45) is 0 Å². The van der Waals surface area contributed by atoms with Crippen molar-refractivity contribution in [3.63, 3.8) is 0 Å². The fraction of sp³-hybridized carbons (Fsp3) is 0.500. The first-order valence-corrected chi connectivity index (χ1v) is 7.41. The largest absolute Gasteiger partial charge is 0.418 e. The molecule has 0 unspecified atom stereocenters. The summed E-state index contributed by atoms with van der Waals surface area (Å²) in [6.07, 6.45) is -4.67. The summed E-state index contributed by atoms with van der Waals surface area (Å²) in [5.74, 6) is -0.677. The second-order valence-corrected chi connectivity index (χ2v) is 5.56. The number of morpholine rings is 1. The molecule has 0 saturated carbocycles. The average Bonchev–Trinajstić information content (AvgIpc) is 2.49. The van der Waals surface area contributed by atoms with Crippen LogP contribution < -0.4 is 11.1 Å². The molecule has 0 aromatic heterocycles. The molecule has 0 radical (unpaired) electrons. The Morgan fingerprint density at radius 2 is 2.00 bits per heavy atom. The summed E-state index contributed by atoms with van der Waals surface area (Å²) in [6, 6.07) is 1.84. The number of hydrogen-bond donors (Lipinski definition) is 2. The van der Waals surface area contributed by atoms with E-state index < -0.39 is 23.3 Å². The molecular formula is C14H17ClF3N3O2. The van der Waals surface area contributed by atoms with E-state index in [1.807, 2.05) is 0 Å². The molecule has 5 nitrogen and oxygen atoms in total. The Kier molecular flexibility index (Phi) is 5.72. The molecule has 3 N–H and O–H groups in total. The van der Waals surface area contributed by atoms with E-state index in [4.69, 9.17) is 22.1 Å². The number of hydrogen-bond acceptors (Lipinski definition) is 4. The van der Waals surface area contributed by atoms with E-state index in [9.17, 15) is 18.0 Å². The predicted octanol–water partition coefficient (Wildman–Crippen LogP) is 2.00. The molecule has 1 aromatic rings. The smallest absolute Gasteiger partial charge is 0.398 e. The van der Waals surface area contributed by atoms with Gasteiger partial charge in [-0.15, -0.1) is 0 Å². The van der Waals surface area contributed by atoms with Gasteiger partial charge in [0.25, 0.3) is 5.91 Å². The van der Waals surface area contributed by atoms with Crippen LogP contribution in [0.15, 0.2) is 12.1 Å². The van der Waals surface area contributed by atoms with Crippen LogP contribution in [0.4, 0.5) is 18.9 Å². The van der Waals surface area contributed by atoms with Gasteiger partial charge in [0.05, 0.1) is 30.0 Å². The van der Waals surface area contributed by atoms with Gasteiger partial charge in [-0.05, 0) is 12.1 Å². The number of ether oxygens (including phenoxy) is 1. The summed E-state index contributed by atoms with van der Waals surface area (Å²) >= 11 is 5.67. The van der Waals surface area contributed by atoms with E-state index in [2.05, 4.69) is 10.2 Å². The summed E-state index contributed by atoms with van der Waals surface area (Å²) in [7, 11) is 0. The van der Waals surface area contributed by atoms with E-state index >= 15 is 0 Å². The molecule has 9 heteroatoms. The van der Waals surface area contributed by atoms with E-state index in [-0.39, 0.29) is 10.6 Å². The monoisotopic (exact) mass is 351 g/mol. The first-order valence-electron chi connectivity index (χ1n) is 7.03. The number of alkyl halides is 3. The summed E-state index contributed by atoms with van der Waals surface area (Å²) in [5, 5.41) is 2.38. The number of amides is 1. The van der Waals surface area contributed by atoms with Gasteiger partial charge in [-0.2, -0.15) is 13.2 Å². The van der Waals surface area contributed by atoms with Gasteiger partial charge in [0, 0.05) is 31.2 Å². The number of nitrogens with zero attached hydrogens (tertiary/aromatic N) is 1. The third-order valence-electron chi connectivity index (χ3n) is 3.51. The lowest BCUT2D eigenvalue weighted by molar-refractivity contribution is -0.136. The number of rotatable bonds is 4. The third kappa shape index (κ3) is 4.73. The Morgan fingerprint density at radius 3 is 2.61 bits per heavy atom. The summed E-state index contributed by atoms with van der Waals surface area (Å²) in [5.41, 5.74) is 3.49. The van der Waals surface area contributed by atoms with Crippen molar-refractivity contribution in [1.82, 2.24) is 10.2 Å².